The van der Waals surface area contributed by atoms with Crippen LogP contribution in [0.3, 0.4) is 0 Å². The zero-order chi connectivity index (χ0) is 15.1. The van der Waals surface area contributed by atoms with Crippen LogP contribution < -0.4 is 4.90 Å². The zero-order valence-electron chi connectivity index (χ0n) is 12.3. The molecule has 2 heterocycles. The molecule has 3 aromatic rings. The third-order valence-corrected chi connectivity index (χ3v) is 4.59. The first-order chi connectivity index (χ1) is 10.7. The van der Waals surface area contributed by atoms with Crippen molar-refractivity contribution in [2.45, 2.75) is 0 Å². The maximum absolute atomic E-state index is 4.95. The summed E-state index contributed by atoms with van der Waals surface area (Å²) in [5, 5.41) is 1.18. The highest BCUT2D eigenvalue weighted by molar-refractivity contribution is 9.10. The lowest BCUT2D eigenvalue weighted by atomic mass is 10.0. The second-order valence-corrected chi connectivity index (χ2v) is 6.48. The molecule has 1 aromatic heterocycles. The van der Waals surface area contributed by atoms with E-state index in [1.54, 1.807) is 0 Å². The Morgan fingerprint density at radius 1 is 1.00 bits per heavy atom. The predicted molar refractivity (Wildman–Crippen MR) is 97.2 cm³/mol. The number of likely N-dealkylation sites (N-methyl/N-ethyl adjacent to an activating group) is 1. The minimum absolute atomic E-state index is 0.927. The lowest BCUT2D eigenvalue weighted by molar-refractivity contribution is 1.02. The van der Waals surface area contributed by atoms with Gasteiger partial charge in [-0.2, -0.15) is 0 Å². The molecule has 0 bridgehead atoms. The average molecular weight is 351 g/mol. The van der Waals surface area contributed by atoms with Crippen molar-refractivity contribution < 1.29 is 0 Å². The van der Waals surface area contributed by atoms with Crippen molar-refractivity contribution in [3.8, 4) is 11.3 Å². The molecule has 1 aliphatic heterocycles. The molecule has 3 heteroatoms. The molecular weight excluding hydrogens is 336 g/mol. The first-order valence-corrected chi connectivity index (χ1v) is 8.09. The minimum atomic E-state index is 0.927. The van der Waals surface area contributed by atoms with Crippen LogP contribution in [0.4, 0.5) is 5.69 Å². The van der Waals surface area contributed by atoms with Gasteiger partial charge in [0.05, 0.1) is 16.9 Å². The molecular formula is C19H15BrN2. The van der Waals surface area contributed by atoms with Gasteiger partial charge in [-0.05, 0) is 23.8 Å². The number of halogens is 1. The van der Waals surface area contributed by atoms with Gasteiger partial charge in [-0.15, -0.1) is 0 Å². The number of benzene rings is 2. The third-order valence-electron chi connectivity index (χ3n) is 4.07. The fourth-order valence-electron chi connectivity index (χ4n) is 2.94. The summed E-state index contributed by atoms with van der Waals surface area (Å²) in [6, 6.07) is 16.9. The van der Waals surface area contributed by atoms with Gasteiger partial charge in [0.25, 0.3) is 0 Å². The normalized spacial score (nSPS) is 13.5. The van der Waals surface area contributed by atoms with Crippen LogP contribution in [0.15, 0.2) is 59.1 Å². The van der Waals surface area contributed by atoms with Crippen LogP contribution in [0, 0.1) is 0 Å². The van der Waals surface area contributed by atoms with Crippen LogP contribution in [0.2, 0.25) is 0 Å². The highest BCUT2D eigenvalue weighted by atomic mass is 79.9. The molecule has 0 fully saturated rings. The summed E-state index contributed by atoms with van der Waals surface area (Å²) in [6.45, 7) is 0.927. The second kappa shape index (κ2) is 5.25. The number of pyridine rings is 1. The molecule has 0 amide bonds. The molecule has 0 atom stereocenters. The van der Waals surface area contributed by atoms with E-state index < -0.39 is 0 Å². The van der Waals surface area contributed by atoms with Crippen molar-refractivity contribution in [2.24, 2.45) is 0 Å². The highest BCUT2D eigenvalue weighted by Crippen LogP contribution is 2.33. The minimum Gasteiger partial charge on any atom is -0.369 e. The van der Waals surface area contributed by atoms with Gasteiger partial charge < -0.3 is 4.90 Å². The summed E-state index contributed by atoms with van der Waals surface area (Å²) in [6.07, 6.45) is 4.37. The van der Waals surface area contributed by atoms with Gasteiger partial charge >= 0.3 is 0 Å². The molecule has 108 valence electrons. The van der Waals surface area contributed by atoms with E-state index in [4.69, 9.17) is 4.98 Å². The topological polar surface area (TPSA) is 16.1 Å². The summed E-state index contributed by atoms with van der Waals surface area (Å²) in [7, 11) is 2.12. The fourth-order valence-corrected chi connectivity index (χ4v) is 3.20. The van der Waals surface area contributed by atoms with E-state index >= 15 is 0 Å². The van der Waals surface area contributed by atoms with Gasteiger partial charge in [0.2, 0.25) is 0 Å². The van der Waals surface area contributed by atoms with Crippen LogP contribution in [0.5, 0.6) is 0 Å². The van der Waals surface area contributed by atoms with Crippen LogP contribution in [0.25, 0.3) is 28.2 Å². The first-order valence-electron chi connectivity index (χ1n) is 7.30. The van der Waals surface area contributed by atoms with E-state index in [1.165, 1.54) is 16.6 Å². The molecule has 4 rings (SSSR count). The molecule has 2 nitrogen and oxygen atoms in total. The Hall–Kier alpha value is -2.13. The SMILES string of the molecule is CN1CC=Cc2ccc3ccc(-c4ccc(Br)cc4)nc3c21. The monoisotopic (exact) mass is 350 g/mol. The van der Waals surface area contributed by atoms with E-state index in [-0.39, 0.29) is 0 Å². The number of rotatable bonds is 1. The van der Waals surface area contributed by atoms with E-state index in [0.29, 0.717) is 0 Å². The molecule has 22 heavy (non-hydrogen) atoms. The van der Waals surface area contributed by atoms with Gasteiger partial charge in [0.15, 0.2) is 0 Å². The number of anilines is 1. The van der Waals surface area contributed by atoms with Gasteiger partial charge in [-0.25, -0.2) is 4.98 Å². The molecule has 0 saturated heterocycles. The number of nitrogens with zero attached hydrogens (tertiary/aromatic N) is 2. The van der Waals surface area contributed by atoms with Crippen LogP contribution in [-0.4, -0.2) is 18.6 Å². The summed E-state index contributed by atoms with van der Waals surface area (Å²) >= 11 is 3.48. The number of aromatic nitrogens is 1. The maximum atomic E-state index is 4.95. The van der Waals surface area contributed by atoms with Crippen molar-refractivity contribution in [1.82, 2.24) is 4.98 Å². The number of hydrogen-bond donors (Lipinski definition) is 0. The van der Waals surface area contributed by atoms with E-state index in [2.05, 4.69) is 88.6 Å². The Morgan fingerprint density at radius 3 is 2.59 bits per heavy atom. The van der Waals surface area contributed by atoms with Crippen molar-refractivity contribution in [3.05, 3.63) is 64.6 Å². The second-order valence-electron chi connectivity index (χ2n) is 5.56. The Bertz CT molecular complexity index is 882. The molecule has 0 spiro atoms. The smallest absolute Gasteiger partial charge is 0.0949 e. The average Bonchev–Trinajstić information content (AvgIpc) is 2.55. The Balaban J connectivity index is 1.95. The van der Waals surface area contributed by atoms with Crippen molar-refractivity contribution >= 4 is 38.6 Å². The largest absolute Gasteiger partial charge is 0.369 e. The lowest BCUT2D eigenvalue weighted by Gasteiger charge is -2.25. The van der Waals surface area contributed by atoms with E-state index in [0.717, 1.165) is 27.8 Å². The predicted octanol–water partition coefficient (Wildman–Crippen LogP) is 5.13. The third kappa shape index (κ3) is 2.22. The summed E-state index contributed by atoms with van der Waals surface area (Å²) < 4.78 is 1.08. The Labute approximate surface area is 138 Å². The summed E-state index contributed by atoms with van der Waals surface area (Å²) in [5.41, 5.74) is 5.68. The molecule has 1 aliphatic rings. The number of hydrogen-bond acceptors (Lipinski definition) is 2. The molecule has 0 aliphatic carbocycles. The molecule has 0 unspecified atom stereocenters. The quantitative estimate of drug-likeness (QED) is 0.604. The van der Waals surface area contributed by atoms with Crippen LogP contribution in [-0.2, 0) is 0 Å². The van der Waals surface area contributed by atoms with Crippen LogP contribution >= 0.6 is 15.9 Å². The molecule has 0 saturated carbocycles. The summed E-state index contributed by atoms with van der Waals surface area (Å²) in [5.74, 6) is 0. The van der Waals surface area contributed by atoms with Crippen molar-refractivity contribution in [3.63, 3.8) is 0 Å². The van der Waals surface area contributed by atoms with Gasteiger partial charge in [-0.1, -0.05) is 58.4 Å². The van der Waals surface area contributed by atoms with Crippen molar-refractivity contribution in [1.29, 1.82) is 0 Å². The van der Waals surface area contributed by atoms with Gasteiger partial charge in [0, 0.05) is 29.0 Å². The van der Waals surface area contributed by atoms with Crippen molar-refractivity contribution in [2.75, 3.05) is 18.5 Å². The first kappa shape index (κ1) is 13.5. The molecule has 0 radical (unpaired) electrons. The number of fused-ring (bicyclic) bond motifs is 3. The molecule has 0 N–H and O–H groups in total. The van der Waals surface area contributed by atoms with Crippen LogP contribution in [0.1, 0.15) is 5.56 Å². The zero-order valence-corrected chi connectivity index (χ0v) is 13.8. The molecule has 2 aromatic carbocycles. The van der Waals surface area contributed by atoms with Gasteiger partial charge in [-0.3, -0.25) is 0 Å². The summed E-state index contributed by atoms with van der Waals surface area (Å²) in [4.78, 5) is 7.21. The highest BCUT2D eigenvalue weighted by Gasteiger charge is 2.15. The Morgan fingerprint density at radius 2 is 1.77 bits per heavy atom. The Kier molecular flexibility index (Phi) is 3.23. The lowest BCUT2D eigenvalue weighted by Crippen LogP contribution is -2.20. The standard InChI is InChI=1S/C19H15BrN2/c1-22-12-2-3-15-5-4-14-8-11-17(21-18(14)19(15)22)13-6-9-16(20)10-7-13/h2-11H,12H2,1H3. The maximum Gasteiger partial charge on any atom is 0.0949 e. The van der Waals surface area contributed by atoms with E-state index in [1.807, 2.05) is 0 Å². The van der Waals surface area contributed by atoms with Gasteiger partial charge in [0.1, 0.15) is 0 Å². The van der Waals surface area contributed by atoms with E-state index in [9.17, 15) is 0 Å². The fraction of sp³-hybridized carbons (Fsp3) is 0.105.